The van der Waals surface area contributed by atoms with E-state index in [0.717, 1.165) is 18.8 Å². The Morgan fingerprint density at radius 2 is 2.25 bits per heavy atom. The Morgan fingerprint density at radius 3 is 2.88 bits per heavy atom. The van der Waals surface area contributed by atoms with Crippen LogP contribution in [0.25, 0.3) is 0 Å². The molecule has 5 nitrogen and oxygen atoms in total. The average Bonchev–Trinajstić information content (AvgIpc) is 2.26. The molecule has 1 rings (SSSR count). The largest absolute Gasteiger partial charge is 0.360 e. The van der Waals surface area contributed by atoms with Gasteiger partial charge < -0.3 is 4.90 Å². The van der Waals surface area contributed by atoms with Crippen molar-refractivity contribution in [1.82, 2.24) is 9.97 Å². The molecule has 0 aromatic carbocycles. The number of nitrogens with zero attached hydrogens (tertiary/aromatic N) is 4. The molecule has 0 unspecified atom stereocenters. The van der Waals surface area contributed by atoms with Crippen molar-refractivity contribution < 1.29 is 0 Å². The number of hydrogen-bond acceptors (Lipinski definition) is 5. The topological polar surface area (TPSA) is 64.8 Å². The highest BCUT2D eigenvalue weighted by Crippen LogP contribution is 2.13. The second kappa shape index (κ2) is 5.91. The molecular weight excluding hydrogens is 202 g/mol. The van der Waals surface area contributed by atoms with Crippen molar-refractivity contribution in [2.24, 2.45) is 5.92 Å². The van der Waals surface area contributed by atoms with E-state index in [2.05, 4.69) is 34.0 Å². The van der Waals surface area contributed by atoms with Gasteiger partial charge in [0.15, 0.2) is 6.19 Å². The first-order valence-corrected chi connectivity index (χ1v) is 5.31. The Morgan fingerprint density at radius 1 is 1.50 bits per heavy atom. The third-order valence-electron chi connectivity index (χ3n) is 2.27. The summed E-state index contributed by atoms with van der Waals surface area (Å²) >= 11 is 0. The Labute approximate surface area is 96.1 Å². The van der Waals surface area contributed by atoms with Gasteiger partial charge in [0.05, 0.1) is 0 Å². The first-order valence-electron chi connectivity index (χ1n) is 5.31. The summed E-state index contributed by atoms with van der Waals surface area (Å²) in [7, 11) is 1.99. The summed E-state index contributed by atoms with van der Waals surface area (Å²) in [5.74, 6) is 2.03. The Bertz CT molecular complexity index is 369. The monoisotopic (exact) mass is 219 g/mol. The first kappa shape index (κ1) is 12.2. The maximum absolute atomic E-state index is 8.49. The molecule has 0 spiro atoms. The molecule has 0 amide bonds. The van der Waals surface area contributed by atoms with Crippen LogP contribution in [-0.2, 0) is 0 Å². The number of hydrogen-bond donors (Lipinski definition) is 1. The first-order chi connectivity index (χ1) is 7.63. The van der Waals surface area contributed by atoms with E-state index in [1.807, 2.05) is 13.2 Å². The maximum atomic E-state index is 8.49. The fourth-order valence-corrected chi connectivity index (χ4v) is 1.25. The molecule has 0 saturated heterocycles. The summed E-state index contributed by atoms with van der Waals surface area (Å²) in [5.41, 5.74) is 0. The Hall–Kier alpha value is -1.83. The van der Waals surface area contributed by atoms with Crippen molar-refractivity contribution in [3.05, 3.63) is 12.4 Å². The predicted molar refractivity (Wildman–Crippen MR) is 64.0 cm³/mol. The number of anilines is 2. The highest BCUT2D eigenvalue weighted by Gasteiger charge is 2.05. The van der Waals surface area contributed by atoms with Gasteiger partial charge in [-0.1, -0.05) is 13.8 Å². The SMILES string of the molecule is CC(C)CCN(C)c1cc(NC#N)ncn1. The summed E-state index contributed by atoms with van der Waals surface area (Å²) < 4.78 is 0. The van der Waals surface area contributed by atoms with Crippen molar-refractivity contribution in [2.45, 2.75) is 20.3 Å². The molecule has 5 heteroatoms. The zero-order valence-corrected chi connectivity index (χ0v) is 9.94. The molecule has 16 heavy (non-hydrogen) atoms. The molecule has 0 bridgehead atoms. The summed E-state index contributed by atoms with van der Waals surface area (Å²) in [6, 6.07) is 1.77. The van der Waals surface area contributed by atoms with Gasteiger partial charge in [0.1, 0.15) is 18.0 Å². The minimum atomic E-state index is 0.531. The van der Waals surface area contributed by atoms with Crippen LogP contribution < -0.4 is 10.2 Å². The number of aromatic nitrogens is 2. The lowest BCUT2D eigenvalue weighted by Gasteiger charge is -2.19. The van der Waals surface area contributed by atoms with Crippen LogP contribution in [0.3, 0.4) is 0 Å². The lowest BCUT2D eigenvalue weighted by Crippen LogP contribution is -2.21. The second-order valence-corrected chi connectivity index (χ2v) is 4.10. The lowest BCUT2D eigenvalue weighted by molar-refractivity contribution is 0.583. The Balaban J connectivity index is 2.64. The normalized spacial score (nSPS) is 9.94. The van der Waals surface area contributed by atoms with Crippen LogP contribution >= 0.6 is 0 Å². The molecule has 0 atom stereocenters. The molecule has 1 N–H and O–H groups in total. The van der Waals surface area contributed by atoms with Crippen molar-refractivity contribution >= 4 is 11.6 Å². The standard InChI is InChI=1S/C11H17N5/c1-9(2)4-5-16(3)11-6-10(13-7-12)14-8-15-11/h6,8-9H,4-5H2,1-3H3,(H,13,14,15). The summed E-state index contributed by atoms with van der Waals surface area (Å²) in [6.45, 7) is 5.33. The van der Waals surface area contributed by atoms with Crippen molar-refractivity contribution in [2.75, 3.05) is 23.8 Å². The van der Waals surface area contributed by atoms with Crippen LogP contribution in [0.1, 0.15) is 20.3 Å². The van der Waals surface area contributed by atoms with E-state index >= 15 is 0 Å². The highest BCUT2D eigenvalue weighted by atomic mass is 15.2. The fraction of sp³-hybridized carbons (Fsp3) is 0.545. The smallest absolute Gasteiger partial charge is 0.182 e. The predicted octanol–water partition coefficient (Wildman–Crippen LogP) is 1.85. The number of nitrogens with one attached hydrogen (secondary N) is 1. The van der Waals surface area contributed by atoms with Crippen LogP contribution in [0, 0.1) is 17.4 Å². The van der Waals surface area contributed by atoms with Gasteiger partial charge in [-0.25, -0.2) is 9.97 Å². The summed E-state index contributed by atoms with van der Waals surface area (Å²) in [4.78, 5) is 10.2. The third-order valence-corrected chi connectivity index (χ3v) is 2.27. The van der Waals surface area contributed by atoms with E-state index in [0.29, 0.717) is 11.7 Å². The van der Waals surface area contributed by atoms with Crippen LogP contribution in [0.4, 0.5) is 11.6 Å². The van der Waals surface area contributed by atoms with Crippen molar-refractivity contribution in [3.63, 3.8) is 0 Å². The molecule has 0 aliphatic carbocycles. The number of rotatable bonds is 5. The van der Waals surface area contributed by atoms with Gasteiger partial charge in [-0.2, -0.15) is 5.26 Å². The maximum Gasteiger partial charge on any atom is 0.182 e. The van der Waals surface area contributed by atoms with E-state index < -0.39 is 0 Å². The van der Waals surface area contributed by atoms with Gasteiger partial charge in [0.25, 0.3) is 0 Å². The molecular formula is C11H17N5. The Kier molecular flexibility index (Phi) is 4.52. The zero-order chi connectivity index (χ0) is 12.0. The van der Waals surface area contributed by atoms with Crippen LogP contribution in [0.15, 0.2) is 12.4 Å². The van der Waals surface area contributed by atoms with E-state index in [1.165, 1.54) is 6.33 Å². The molecule has 1 aromatic rings. The highest BCUT2D eigenvalue weighted by molar-refractivity contribution is 5.49. The van der Waals surface area contributed by atoms with E-state index in [9.17, 15) is 0 Å². The third kappa shape index (κ3) is 3.73. The van der Waals surface area contributed by atoms with Gasteiger partial charge in [0.2, 0.25) is 0 Å². The zero-order valence-electron chi connectivity index (χ0n) is 9.94. The number of nitriles is 1. The minimum Gasteiger partial charge on any atom is -0.360 e. The summed E-state index contributed by atoms with van der Waals surface area (Å²) in [6.07, 6.45) is 4.41. The van der Waals surface area contributed by atoms with Gasteiger partial charge >= 0.3 is 0 Å². The lowest BCUT2D eigenvalue weighted by atomic mass is 10.1. The van der Waals surface area contributed by atoms with E-state index in [-0.39, 0.29) is 0 Å². The molecule has 0 aliphatic heterocycles. The average molecular weight is 219 g/mol. The molecule has 1 heterocycles. The fourth-order valence-electron chi connectivity index (χ4n) is 1.25. The molecule has 86 valence electrons. The minimum absolute atomic E-state index is 0.531. The van der Waals surface area contributed by atoms with Gasteiger partial charge in [-0.15, -0.1) is 0 Å². The summed E-state index contributed by atoms with van der Waals surface area (Å²) in [5, 5.41) is 11.0. The van der Waals surface area contributed by atoms with E-state index in [1.54, 1.807) is 6.07 Å². The van der Waals surface area contributed by atoms with Crippen LogP contribution in [0.5, 0.6) is 0 Å². The quantitative estimate of drug-likeness (QED) is 0.604. The van der Waals surface area contributed by atoms with Gasteiger partial charge in [-0.05, 0) is 12.3 Å². The van der Waals surface area contributed by atoms with E-state index in [4.69, 9.17) is 5.26 Å². The van der Waals surface area contributed by atoms with Crippen LogP contribution in [0.2, 0.25) is 0 Å². The van der Waals surface area contributed by atoms with Gasteiger partial charge in [-0.3, -0.25) is 5.32 Å². The molecule has 0 radical (unpaired) electrons. The van der Waals surface area contributed by atoms with Gasteiger partial charge in [0, 0.05) is 19.7 Å². The second-order valence-electron chi connectivity index (χ2n) is 4.10. The molecule has 0 saturated carbocycles. The molecule has 0 fully saturated rings. The molecule has 0 aliphatic rings. The van der Waals surface area contributed by atoms with Crippen LogP contribution in [-0.4, -0.2) is 23.6 Å². The molecule has 1 aromatic heterocycles. The van der Waals surface area contributed by atoms with Crippen molar-refractivity contribution in [1.29, 1.82) is 5.26 Å². The van der Waals surface area contributed by atoms with Crippen molar-refractivity contribution in [3.8, 4) is 6.19 Å².